The number of ketones is 1. The van der Waals surface area contributed by atoms with Gasteiger partial charge in [0.15, 0.2) is 0 Å². The van der Waals surface area contributed by atoms with Gasteiger partial charge in [0.1, 0.15) is 16.4 Å². The quantitative estimate of drug-likeness (QED) is 0.746. The topological polar surface area (TPSA) is 81.2 Å². The Labute approximate surface area is 154 Å². The molecule has 0 fully saturated rings. The highest BCUT2D eigenvalue weighted by Crippen LogP contribution is 2.40. The van der Waals surface area contributed by atoms with Gasteiger partial charge in [-0.1, -0.05) is 11.6 Å². The number of aryl methyl sites for hydroxylation is 2. The molecule has 3 rings (SSSR count). The van der Waals surface area contributed by atoms with Crippen LogP contribution in [0.4, 0.5) is 0 Å². The average Bonchev–Trinajstić information content (AvgIpc) is 2.90. The number of methoxy groups -OCH3 is 1. The Bertz CT molecular complexity index is 1120. The number of nitrogens with zero attached hydrogens (tertiary/aromatic N) is 1. The third-order valence-electron chi connectivity index (χ3n) is 4.32. The van der Waals surface area contributed by atoms with Crippen LogP contribution in [0.15, 0.2) is 27.8 Å². The van der Waals surface area contributed by atoms with Crippen LogP contribution in [0.5, 0.6) is 5.75 Å². The van der Waals surface area contributed by atoms with Gasteiger partial charge >= 0.3 is 5.69 Å². The fraction of sp³-hybridized carbons (Fsp3) is 0.316. The van der Waals surface area contributed by atoms with Crippen molar-refractivity contribution in [3.63, 3.8) is 0 Å². The SMILES string of the molecule is COc1ccc(C)cc1-c1c(C)sc2[nH]c(=O)n(CCC(C)=O)c(=O)c12. The van der Waals surface area contributed by atoms with Gasteiger partial charge in [0.05, 0.1) is 12.5 Å². The summed E-state index contributed by atoms with van der Waals surface area (Å²) in [5.74, 6) is 0.595. The maximum absolute atomic E-state index is 13.1. The molecule has 2 heterocycles. The van der Waals surface area contributed by atoms with E-state index in [2.05, 4.69) is 4.98 Å². The van der Waals surface area contributed by atoms with Crippen LogP contribution < -0.4 is 16.0 Å². The Morgan fingerprint density at radius 2 is 2.00 bits per heavy atom. The van der Waals surface area contributed by atoms with Crippen LogP contribution in [0.3, 0.4) is 0 Å². The first-order valence-electron chi connectivity index (χ1n) is 8.24. The maximum atomic E-state index is 13.1. The van der Waals surface area contributed by atoms with Crippen molar-refractivity contribution in [3.05, 3.63) is 49.5 Å². The Balaban J connectivity index is 2.34. The Morgan fingerprint density at radius 1 is 1.27 bits per heavy atom. The van der Waals surface area contributed by atoms with Crippen LogP contribution in [0.1, 0.15) is 23.8 Å². The minimum absolute atomic E-state index is 0.0682. The van der Waals surface area contributed by atoms with E-state index in [9.17, 15) is 14.4 Å². The standard InChI is InChI=1S/C19H20N2O4S/c1-10-5-6-14(25-4)13(9-10)15-12(3)26-17-16(15)18(23)21(19(24)20-17)8-7-11(2)22/h5-6,9H,7-8H2,1-4H3,(H,20,24). The molecule has 26 heavy (non-hydrogen) atoms. The number of carbonyl (C=O) groups is 1. The number of Topliss-reactive ketones (excluding diaryl/α,β-unsaturated/α-hetero) is 1. The van der Waals surface area contributed by atoms with E-state index in [0.29, 0.717) is 16.0 Å². The summed E-state index contributed by atoms with van der Waals surface area (Å²) >= 11 is 1.37. The fourth-order valence-corrected chi connectivity index (χ4v) is 4.09. The number of hydrogen-bond acceptors (Lipinski definition) is 5. The predicted molar refractivity (Wildman–Crippen MR) is 103 cm³/mol. The summed E-state index contributed by atoms with van der Waals surface area (Å²) in [5.41, 5.74) is 1.75. The van der Waals surface area contributed by atoms with E-state index in [1.54, 1.807) is 7.11 Å². The zero-order chi connectivity index (χ0) is 19.0. The number of fused-ring (bicyclic) bond motifs is 1. The molecule has 0 atom stereocenters. The molecule has 1 aromatic carbocycles. The second-order valence-electron chi connectivity index (χ2n) is 6.28. The van der Waals surface area contributed by atoms with E-state index in [4.69, 9.17) is 4.74 Å². The first kappa shape index (κ1) is 18.1. The van der Waals surface area contributed by atoms with Gasteiger partial charge in [0, 0.05) is 29.0 Å². The predicted octanol–water partition coefficient (Wildman–Crippen LogP) is 3.02. The molecule has 2 aromatic heterocycles. The van der Waals surface area contributed by atoms with Gasteiger partial charge in [-0.05, 0) is 32.9 Å². The van der Waals surface area contributed by atoms with Crippen LogP contribution >= 0.6 is 11.3 Å². The van der Waals surface area contributed by atoms with Gasteiger partial charge in [0.25, 0.3) is 5.56 Å². The Morgan fingerprint density at radius 3 is 2.65 bits per heavy atom. The summed E-state index contributed by atoms with van der Waals surface area (Å²) in [5, 5.41) is 0.458. The van der Waals surface area contributed by atoms with Crippen molar-refractivity contribution in [2.45, 2.75) is 33.7 Å². The normalized spacial score (nSPS) is 11.1. The van der Waals surface area contributed by atoms with Crippen LogP contribution in [0, 0.1) is 13.8 Å². The number of benzene rings is 1. The van der Waals surface area contributed by atoms with E-state index in [1.165, 1.54) is 18.3 Å². The molecule has 0 aliphatic rings. The highest BCUT2D eigenvalue weighted by atomic mass is 32.1. The van der Waals surface area contributed by atoms with Gasteiger partial charge in [-0.3, -0.25) is 19.1 Å². The highest BCUT2D eigenvalue weighted by molar-refractivity contribution is 7.19. The number of ether oxygens (including phenoxy) is 1. The molecule has 0 saturated carbocycles. The van der Waals surface area contributed by atoms with Crippen molar-refractivity contribution in [2.24, 2.45) is 0 Å². The van der Waals surface area contributed by atoms with Crippen LogP contribution in [0.2, 0.25) is 0 Å². The minimum Gasteiger partial charge on any atom is -0.496 e. The zero-order valence-electron chi connectivity index (χ0n) is 15.1. The summed E-state index contributed by atoms with van der Waals surface area (Å²) in [6.45, 7) is 5.40. The number of hydrogen-bond donors (Lipinski definition) is 1. The molecule has 0 saturated heterocycles. The van der Waals surface area contributed by atoms with Crippen LogP contribution in [-0.4, -0.2) is 22.4 Å². The van der Waals surface area contributed by atoms with E-state index < -0.39 is 5.69 Å². The lowest BCUT2D eigenvalue weighted by atomic mass is 10.0. The summed E-state index contributed by atoms with van der Waals surface area (Å²) in [6.07, 6.45) is 0.140. The molecule has 136 valence electrons. The molecule has 3 aromatic rings. The van der Waals surface area contributed by atoms with E-state index in [0.717, 1.165) is 26.1 Å². The second kappa shape index (κ2) is 6.92. The van der Waals surface area contributed by atoms with Gasteiger partial charge in [-0.2, -0.15) is 0 Å². The minimum atomic E-state index is -0.493. The van der Waals surface area contributed by atoms with Crippen molar-refractivity contribution in [2.75, 3.05) is 7.11 Å². The molecule has 0 spiro atoms. The zero-order valence-corrected chi connectivity index (χ0v) is 16.0. The monoisotopic (exact) mass is 372 g/mol. The number of aromatic amines is 1. The fourth-order valence-electron chi connectivity index (χ4n) is 3.04. The number of aromatic nitrogens is 2. The third kappa shape index (κ3) is 3.10. The summed E-state index contributed by atoms with van der Waals surface area (Å²) in [6, 6.07) is 5.78. The maximum Gasteiger partial charge on any atom is 0.329 e. The van der Waals surface area contributed by atoms with E-state index in [1.807, 2.05) is 32.0 Å². The lowest BCUT2D eigenvalue weighted by Gasteiger charge is -2.10. The van der Waals surface area contributed by atoms with Gasteiger partial charge < -0.3 is 4.74 Å². The van der Waals surface area contributed by atoms with Crippen molar-refractivity contribution < 1.29 is 9.53 Å². The van der Waals surface area contributed by atoms with Gasteiger partial charge in [0.2, 0.25) is 0 Å². The van der Waals surface area contributed by atoms with Crippen LogP contribution in [0.25, 0.3) is 21.3 Å². The second-order valence-corrected chi connectivity index (χ2v) is 7.50. The lowest BCUT2D eigenvalue weighted by molar-refractivity contribution is -0.117. The number of nitrogens with one attached hydrogen (secondary N) is 1. The molecule has 0 bridgehead atoms. The smallest absolute Gasteiger partial charge is 0.329 e. The molecular formula is C19H20N2O4S. The number of carbonyl (C=O) groups excluding carboxylic acids is 1. The first-order chi connectivity index (χ1) is 12.3. The lowest BCUT2D eigenvalue weighted by Crippen LogP contribution is -2.35. The largest absolute Gasteiger partial charge is 0.496 e. The third-order valence-corrected chi connectivity index (χ3v) is 5.34. The average molecular weight is 372 g/mol. The Kier molecular flexibility index (Phi) is 4.82. The van der Waals surface area contributed by atoms with E-state index >= 15 is 0 Å². The first-order valence-corrected chi connectivity index (χ1v) is 9.05. The molecule has 0 amide bonds. The molecule has 1 N–H and O–H groups in total. The van der Waals surface area contributed by atoms with Crippen molar-refractivity contribution >= 4 is 27.3 Å². The molecule has 7 heteroatoms. The van der Waals surface area contributed by atoms with Gasteiger partial charge in [-0.25, -0.2) is 4.79 Å². The number of thiophene rings is 1. The molecule has 0 aliphatic heterocycles. The van der Waals surface area contributed by atoms with Crippen molar-refractivity contribution in [1.29, 1.82) is 0 Å². The van der Waals surface area contributed by atoms with Crippen molar-refractivity contribution in [3.8, 4) is 16.9 Å². The molecule has 0 radical (unpaired) electrons. The van der Waals surface area contributed by atoms with Crippen molar-refractivity contribution in [1.82, 2.24) is 9.55 Å². The summed E-state index contributed by atoms with van der Waals surface area (Å²) in [4.78, 5) is 40.8. The number of rotatable bonds is 5. The molecule has 0 aliphatic carbocycles. The molecule has 0 unspecified atom stereocenters. The van der Waals surface area contributed by atoms with E-state index in [-0.39, 0.29) is 24.3 Å². The van der Waals surface area contributed by atoms with Crippen LogP contribution in [-0.2, 0) is 11.3 Å². The van der Waals surface area contributed by atoms with Gasteiger partial charge in [-0.15, -0.1) is 11.3 Å². The highest BCUT2D eigenvalue weighted by Gasteiger charge is 2.20. The summed E-state index contributed by atoms with van der Waals surface area (Å²) in [7, 11) is 1.59. The molecule has 6 nitrogen and oxygen atoms in total. The summed E-state index contributed by atoms with van der Waals surface area (Å²) < 4.78 is 6.58. The Hall–Kier alpha value is -2.67. The molecular weight excluding hydrogens is 352 g/mol. The number of H-pyrrole nitrogens is 1.